The van der Waals surface area contributed by atoms with Gasteiger partial charge in [-0.3, -0.25) is 9.89 Å². The van der Waals surface area contributed by atoms with E-state index >= 15 is 0 Å². The molecule has 7 heteroatoms. The third-order valence-corrected chi connectivity index (χ3v) is 5.60. The van der Waals surface area contributed by atoms with Gasteiger partial charge in [-0.25, -0.2) is 0 Å². The van der Waals surface area contributed by atoms with Gasteiger partial charge in [0.25, 0.3) is 0 Å². The Morgan fingerprint density at radius 3 is 2.56 bits per heavy atom. The molecule has 2 aromatic rings. The zero-order chi connectivity index (χ0) is 18.0. The van der Waals surface area contributed by atoms with Crippen molar-refractivity contribution in [3.05, 3.63) is 52.7 Å². The first kappa shape index (κ1) is 22.0. The molecule has 1 aromatic carbocycles. The number of nitrogens with two attached hydrogens (primary N) is 1. The summed E-state index contributed by atoms with van der Waals surface area (Å²) in [5.74, 6) is 0.565. The summed E-state index contributed by atoms with van der Waals surface area (Å²) in [7, 11) is 0. The average Bonchev–Trinajstić information content (AvgIpc) is 3.20. The molecule has 1 aliphatic heterocycles. The van der Waals surface area contributed by atoms with Gasteiger partial charge < -0.3 is 16.0 Å². The monoisotopic (exact) mass is 499 g/mol. The lowest BCUT2D eigenvalue weighted by atomic mass is 10.2. The fraction of sp³-hybridized carbons (Fsp3) is 0.450. The van der Waals surface area contributed by atoms with Crippen molar-refractivity contribution >= 4 is 47.0 Å². The summed E-state index contributed by atoms with van der Waals surface area (Å²) in [6, 6.07) is 14.9. The lowest BCUT2D eigenvalue weighted by Gasteiger charge is -2.36. The smallest absolute Gasteiger partial charge is 0.188 e. The number of piperazine rings is 1. The number of para-hydroxylation sites is 1. The van der Waals surface area contributed by atoms with Crippen molar-refractivity contribution in [1.29, 1.82) is 0 Å². The SMILES string of the molecule is I.NC(=NCCCN1CCN(c2ccccc2)CC1)NCCc1cccs1. The van der Waals surface area contributed by atoms with E-state index in [0.717, 1.165) is 58.7 Å². The molecule has 2 heterocycles. The third kappa shape index (κ3) is 7.67. The summed E-state index contributed by atoms with van der Waals surface area (Å²) in [5.41, 5.74) is 7.27. The van der Waals surface area contributed by atoms with Crippen LogP contribution in [0.15, 0.2) is 52.8 Å². The molecule has 3 N–H and O–H groups in total. The quantitative estimate of drug-likeness (QED) is 0.254. The number of thiophene rings is 1. The molecule has 1 fully saturated rings. The van der Waals surface area contributed by atoms with Crippen LogP contribution in [0, 0.1) is 0 Å². The highest BCUT2D eigenvalue weighted by Crippen LogP contribution is 2.15. The first-order valence-electron chi connectivity index (χ1n) is 9.40. The normalized spacial score (nSPS) is 15.4. The minimum atomic E-state index is 0. The second-order valence-corrected chi connectivity index (χ2v) is 7.57. The predicted octanol–water partition coefficient (Wildman–Crippen LogP) is 3.03. The Labute approximate surface area is 183 Å². The lowest BCUT2D eigenvalue weighted by Crippen LogP contribution is -2.46. The van der Waals surface area contributed by atoms with Gasteiger partial charge in [0.2, 0.25) is 0 Å². The lowest BCUT2D eigenvalue weighted by molar-refractivity contribution is 0.256. The number of nitrogens with one attached hydrogen (secondary N) is 1. The van der Waals surface area contributed by atoms with Crippen LogP contribution in [0.5, 0.6) is 0 Å². The summed E-state index contributed by atoms with van der Waals surface area (Å²) >= 11 is 1.78. The first-order valence-corrected chi connectivity index (χ1v) is 10.3. The van der Waals surface area contributed by atoms with E-state index in [0.29, 0.717) is 5.96 Å². The van der Waals surface area contributed by atoms with E-state index in [1.807, 2.05) is 0 Å². The summed E-state index contributed by atoms with van der Waals surface area (Å²) in [4.78, 5) is 10.8. The van der Waals surface area contributed by atoms with Crippen LogP contribution in [0.2, 0.25) is 0 Å². The Kier molecular flexibility index (Phi) is 9.93. The molecule has 0 unspecified atom stereocenters. The second-order valence-electron chi connectivity index (χ2n) is 6.54. The molecule has 148 valence electrons. The van der Waals surface area contributed by atoms with Crippen LogP contribution in [-0.2, 0) is 6.42 Å². The van der Waals surface area contributed by atoms with Crippen LogP contribution < -0.4 is 16.0 Å². The van der Waals surface area contributed by atoms with Crippen LogP contribution in [-0.4, -0.2) is 56.7 Å². The molecular formula is C20H30IN5S. The zero-order valence-corrected chi connectivity index (χ0v) is 18.9. The molecule has 0 spiro atoms. The standard InChI is InChI=1S/C20H29N5S.HI/c21-20(23-11-9-19-8-4-17-26-19)22-10-5-12-24-13-15-25(16-14-24)18-6-2-1-3-7-18;/h1-4,6-8,17H,5,9-16H2,(H3,21,22,23);1H. The maximum Gasteiger partial charge on any atom is 0.188 e. The Bertz CT molecular complexity index is 654. The molecule has 3 rings (SSSR count). The van der Waals surface area contributed by atoms with Gasteiger partial charge in [0, 0.05) is 56.4 Å². The molecule has 0 atom stereocenters. The maximum atomic E-state index is 5.94. The highest BCUT2D eigenvalue weighted by Gasteiger charge is 2.16. The van der Waals surface area contributed by atoms with Gasteiger partial charge in [0.05, 0.1) is 0 Å². The van der Waals surface area contributed by atoms with Crippen LogP contribution in [0.4, 0.5) is 5.69 Å². The van der Waals surface area contributed by atoms with Crippen molar-refractivity contribution in [3.63, 3.8) is 0 Å². The van der Waals surface area contributed by atoms with Gasteiger partial charge in [-0.15, -0.1) is 35.3 Å². The number of anilines is 1. The average molecular weight is 499 g/mol. The van der Waals surface area contributed by atoms with E-state index in [9.17, 15) is 0 Å². The summed E-state index contributed by atoms with van der Waals surface area (Å²) < 4.78 is 0. The van der Waals surface area contributed by atoms with Crippen molar-refractivity contribution < 1.29 is 0 Å². The van der Waals surface area contributed by atoms with Crippen molar-refractivity contribution in [1.82, 2.24) is 10.2 Å². The predicted molar refractivity (Wildman–Crippen MR) is 128 cm³/mol. The summed E-state index contributed by atoms with van der Waals surface area (Å²) in [5, 5.41) is 5.30. The van der Waals surface area contributed by atoms with Gasteiger partial charge in [-0.05, 0) is 36.4 Å². The van der Waals surface area contributed by atoms with E-state index < -0.39 is 0 Å². The van der Waals surface area contributed by atoms with E-state index in [4.69, 9.17) is 5.73 Å². The molecule has 0 radical (unpaired) electrons. The van der Waals surface area contributed by atoms with Crippen molar-refractivity contribution in [2.24, 2.45) is 10.7 Å². The van der Waals surface area contributed by atoms with E-state index in [-0.39, 0.29) is 24.0 Å². The largest absolute Gasteiger partial charge is 0.370 e. The van der Waals surface area contributed by atoms with Gasteiger partial charge in [0.1, 0.15) is 0 Å². The van der Waals surface area contributed by atoms with E-state index in [1.54, 1.807) is 11.3 Å². The van der Waals surface area contributed by atoms with Gasteiger partial charge >= 0.3 is 0 Å². The molecule has 0 saturated carbocycles. The topological polar surface area (TPSA) is 56.9 Å². The van der Waals surface area contributed by atoms with Gasteiger partial charge in [0.15, 0.2) is 5.96 Å². The molecule has 27 heavy (non-hydrogen) atoms. The summed E-state index contributed by atoms with van der Waals surface area (Å²) in [6.45, 7) is 7.16. The number of hydrogen-bond acceptors (Lipinski definition) is 4. The number of hydrogen-bond donors (Lipinski definition) is 2. The van der Waals surface area contributed by atoms with Crippen molar-refractivity contribution in [2.45, 2.75) is 12.8 Å². The molecule has 0 aliphatic carbocycles. The van der Waals surface area contributed by atoms with E-state index in [2.05, 4.69) is 68.0 Å². The molecule has 5 nitrogen and oxygen atoms in total. The molecule has 0 bridgehead atoms. The number of guanidine groups is 1. The maximum absolute atomic E-state index is 5.94. The Hall–Kier alpha value is -1.32. The minimum Gasteiger partial charge on any atom is -0.370 e. The third-order valence-electron chi connectivity index (χ3n) is 4.67. The minimum absolute atomic E-state index is 0. The fourth-order valence-corrected chi connectivity index (χ4v) is 3.90. The number of halogens is 1. The van der Waals surface area contributed by atoms with Crippen LogP contribution in [0.25, 0.3) is 0 Å². The highest BCUT2D eigenvalue weighted by atomic mass is 127. The van der Waals surface area contributed by atoms with Crippen molar-refractivity contribution in [3.8, 4) is 0 Å². The van der Waals surface area contributed by atoms with Gasteiger partial charge in [-0.1, -0.05) is 24.3 Å². The Morgan fingerprint density at radius 1 is 1.07 bits per heavy atom. The van der Waals surface area contributed by atoms with Crippen LogP contribution in [0.1, 0.15) is 11.3 Å². The van der Waals surface area contributed by atoms with E-state index in [1.165, 1.54) is 10.6 Å². The number of benzene rings is 1. The molecular weight excluding hydrogens is 469 g/mol. The Morgan fingerprint density at radius 2 is 1.85 bits per heavy atom. The van der Waals surface area contributed by atoms with Crippen LogP contribution >= 0.6 is 35.3 Å². The number of aliphatic imine (C=N–C) groups is 1. The highest BCUT2D eigenvalue weighted by molar-refractivity contribution is 14.0. The second kappa shape index (κ2) is 12.2. The number of rotatable bonds is 8. The fourth-order valence-electron chi connectivity index (χ4n) is 3.19. The number of nitrogens with zero attached hydrogens (tertiary/aromatic N) is 3. The molecule has 0 amide bonds. The molecule has 1 aliphatic rings. The Balaban J connectivity index is 0.00000261. The first-order chi connectivity index (χ1) is 12.8. The molecule has 1 saturated heterocycles. The van der Waals surface area contributed by atoms with Gasteiger partial charge in [-0.2, -0.15) is 0 Å². The zero-order valence-electron chi connectivity index (χ0n) is 15.7. The molecule has 1 aromatic heterocycles. The van der Waals surface area contributed by atoms with Crippen LogP contribution in [0.3, 0.4) is 0 Å². The summed E-state index contributed by atoms with van der Waals surface area (Å²) in [6.07, 6.45) is 2.05. The van der Waals surface area contributed by atoms with Crippen molar-refractivity contribution in [2.75, 3.05) is 50.7 Å².